The van der Waals surface area contributed by atoms with Crippen LogP contribution in [-0.4, -0.2) is 23.3 Å². The minimum absolute atomic E-state index is 0.405. The molecule has 2 heterocycles. The summed E-state index contributed by atoms with van der Waals surface area (Å²) in [5.74, 6) is 0. The average Bonchev–Trinajstić information content (AvgIpc) is 2.48. The Hall–Kier alpha value is -0.865. The van der Waals surface area contributed by atoms with Crippen molar-refractivity contribution in [1.29, 1.82) is 0 Å². The van der Waals surface area contributed by atoms with Gasteiger partial charge in [0.05, 0.1) is 16.8 Å². The van der Waals surface area contributed by atoms with Crippen LogP contribution in [-0.2, 0) is 9.31 Å². The van der Waals surface area contributed by atoms with Crippen LogP contribution < -0.4 is 5.59 Å². The normalized spacial score (nSPS) is 24.4. The summed E-state index contributed by atoms with van der Waals surface area (Å²) in [5, 5.41) is 0. The lowest BCUT2D eigenvalue weighted by atomic mass is 9.84. The molecule has 1 fully saturated rings. The highest BCUT2D eigenvalue weighted by Crippen LogP contribution is 2.36. The Balaban J connectivity index is 2.27. The van der Waals surface area contributed by atoms with Gasteiger partial charge < -0.3 is 9.31 Å². The van der Waals surface area contributed by atoms with E-state index in [2.05, 4.69) is 4.98 Å². The molecule has 1 aliphatic heterocycles. The molecule has 0 aromatic carbocycles. The Bertz CT molecular complexity index is 435. The van der Waals surface area contributed by atoms with E-state index in [1.54, 1.807) is 18.2 Å². The number of hydrogen-bond acceptors (Lipinski definition) is 3. The van der Waals surface area contributed by atoms with Crippen molar-refractivity contribution in [3.8, 4) is 0 Å². The van der Waals surface area contributed by atoms with Crippen LogP contribution in [0.5, 0.6) is 0 Å². The molecule has 0 spiro atoms. The zero-order chi connectivity index (χ0) is 13.6. The molecule has 0 aliphatic carbocycles. The first-order valence-corrected chi connectivity index (χ1v) is 5.40. The molecule has 0 radical (unpaired) electrons. The summed E-state index contributed by atoms with van der Waals surface area (Å²) in [6.45, 7) is 6.83. The molecule has 0 N–H and O–H groups in total. The fourth-order valence-electron chi connectivity index (χ4n) is 1.56. The predicted octanol–water partition coefficient (Wildman–Crippen LogP) is 1.69. The number of hydrogen-bond donors (Lipinski definition) is 0. The van der Waals surface area contributed by atoms with E-state index < -0.39 is 25.2 Å². The maximum absolute atomic E-state index is 7.36. The highest BCUT2D eigenvalue weighted by Gasteiger charge is 2.52. The molecule has 86 valence electrons. The van der Waals surface area contributed by atoms with Gasteiger partial charge in [-0.1, -0.05) is 6.07 Å². The molecule has 1 aromatic heterocycles. The van der Waals surface area contributed by atoms with E-state index in [1.807, 2.05) is 27.7 Å². The quantitative estimate of drug-likeness (QED) is 0.676. The van der Waals surface area contributed by atoms with Gasteiger partial charge in [0, 0.05) is 8.44 Å². The predicted molar refractivity (Wildman–Crippen MR) is 64.7 cm³/mol. The smallest absolute Gasteiger partial charge is 0.398 e. The summed E-state index contributed by atoms with van der Waals surface area (Å²) in [7, 11) is -0.534. The monoisotopic (exact) mass is 221 g/mol. The molecule has 16 heavy (non-hydrogen) atoms. The van der Waals surface area contributed by atoms with Crippen molar-refractivity contribution in [2.24, 2.45) is 0 Å². The number of nitrogens with zero attached hydrogens (tertiary/aromatic N) is 1. The first kappa shape index (κ1) is 9.19. The molecule has 1 aromatic rings. The second kappa shape index (κ2) is 3.57. The molecular weight excluding hydrogens is 201 g/mol. The number of aromatic nitrogens is 1. The van der Waals surface area contributed by atoms with Gasteiger partial charge in [0.15, 0.2) is 0 Å². The van der Waals surface area contributed by atoms with Gasteiger partial charge in [0.2, 0.25) is 0 Å². The molecule has 1 aliphatic rings. The van der Waals surface area contributed by atoms with Crippen LogP contribution in [0.2, 0.25) is 0 Å². The summed E-state index contributed by atoms with van der Waals surface area (Å²) in [6.07, 6.45) is 0. The van der Waals surface area contributed by atoms with Crippen molar-refractivity contribution in [3.63, 3.8) is 0 Å². The highest BCUT2D eigenvalue weighted by molar-refractivity contribution is 6.61. The maximum atomic E-state index is 7.36. The molecule has 3 nitrogen and oxygen atoms in total. The molecule has 0 amide bonds. The molecule has 0 unspecified atom stereocenters. The van der Waals surface area contributed by atoms with Gasteiger partial charge in [-0.25, -0.2) is 0 Å². The van der Waals surface area contributed by atoms with Gasteiger partial charge in [-0.3, -0.25) is 4.98 Å². The molecule has 0 saturated carbocycles. The fourth-order valence-corrected chi connectivity index (χ4v) is 1.56. The summed E-state index contributed by atoms with van der Waals surface area (Å²) < 4.78 is 26.5. The average molecular weight is 221 g/mol. The number of aryl methyl sites for hydroxylation is 1. The molecule has 4 heteroatoms. The summed E-state index contributed by atoms with van der Waals surface area (Å²) >= 11 is 0. The van der Waals surface area contributed by atoms with Crippen LogP contribution in [0, 0.1) is 6.88 Å². The maximum Gasteiger partial charge on any atom is 0.514 e. The van der Waals surface area contributed by atoms with E-state index in [4.69, 9.17) is 12.1 Å². The van der Waals surface area contributed by atoms with Gasteiger partial charge in [-0.15, -0.1) is 0 Å². The van der Waals surface area contributed by atoms with E-state index in [0.29, 0.717) is 11.3 Å². The lowest BCUT2D eigenvalue weighted by Gasteiger charge is -2.32. The van der Waals surface area contributed by atoms with Gasteiger partial charge in [0.25, 0.3) is 0 Å². The van der Waals surface area contributed by atoms with Gasteiger partial charge in [0.1, 0.15) is 0 Å². The SMILES string of the molecule is [2H]C([2H])c1cccc(B2OC(C)(C)C(C)(C)O2)n1. The van der Waals surface area contributed by atoms with Crippen LogP contribution in [0.3, 0.4) is 0 Å². The summed E-state index contributed by atoms with van der Waals surface area (Å²) in [5.41, 5.74) is 0.214. The van der Waals surface area contributed by atoms with Crippen LogP contribution >= 0.6 is 0 Å². The second-order valence-corrected chi connectivity index (χ2v) is 5.08. The minimum atomic E-state index is -1.09. The second-order valence-electron chi connectivity index (χ2n) is 5.08. The lowest BCUT2D eigenvalue weighted by molar-refractivity contribution is 0.00578. The summed E-state index contributed by atoms with van der Waals surface area (Å²) in [6, 6.07) is 5.24. The van der Waals surface area contributed by atoms with Gasteiger partial charge in [-0.05, 0) is 46.7 Å². The van der Waals surface area contributed by atoms with E-state index in [9.17, 15) is 0 Å². The molecule has 2 rings (SSSR count). The molecule has 0 bridgehead atoms. The molecule has 0 atom stereocenters. The minimum Gasteiger partial charge on any atom is -0.398 e. The lowest BCUT2D eigenvalue weighted by Crippen LogP contribution is -2.41. The van der Waals surface area contributed by atoms with E-state index >= 15 is 0 Å². The first-order chi connectivity index (χ1) is 8.23. The summed E-state index contributed by atoms with van der Waals surface area (Å²) in [4.78, 5) is 4.26. The standard InChI is InChI=1S/C12H18BNO2/c1-9-7-6-8-10(14-9)13-15-11(2,3)12(4,5)16-13/h6-8H,1-5H3/i1D2. The van der Waals surface area contributed by atoms with Gasteiger partial charge in [-0.2, -0.15) is 0 Å². The van der Waals surface area contributed by atoms with Crippen molar-refractivity contribution in [3.05, 3.63) is 23.9 Å². The van der Waals surface area contributed by atoms with Crippen LogP contribution in [0.25, 0.3) is 0 Å². The molecule has 1 saturated heterocycles. The Kier molecular flexibility index (Phi) is 2.05. The van der Waals surface area contributed by atoms with Gasteiger partial charge >= 0.3 is 7.12 Å². The van der Waals surface area contributed by atoms with Crippen molar-refractivity contribution in [2.45, 2.75) is 45.8 Å². The zero-order valence-electron chi connectivity index (χ0n) is 12.2. The van der Waals surface area contributed by atoms with Crippen LogP contribution in [0.4, 0.5) is 0 Å². The van der Waals surface area contributed by atoms with Crippen molar-refractivity contribution in [2.75, 3.05) is 0 Å². The van der Waals surface area contributed by atoms with E-state index in [-0.39, 0.29) is 0 Å². The van der Waals surface area contributed by atoms with Crippen molar-refractivity contribution >= 4 is 12.7 Å². The van der Waals surface area contributed by atoms with Crippen molar-refractivity contribution in [1.82, 2.24) is 4.98 Å². The Morgan fingerprint density at radius 2 is 1.81 bits per heavy atom. The van der Waals surface area contributed by atoms with E-state index in [1.165, 1.54) is 0 Å². The van der Waals surface area contributed by atoms with Crippen LogP contribution in [0.1, 0.15) is 36.1 Å². The third-order valence-corrected chi connectivity index (χ3v) is 3.29. The number of rotatable bonds is 1. The molecular formula is C12H18BNO2. The first-order valence-electron chi connectivity index (χ1n) is 6.55. The third-order valence-electron chi connectivity index (χ3n) is 3.29. The number of pyridine rings is 1. The third kappa shape index (κ3) is 1.87. The van der Waals surface area contributed by atoms with E-state index in [0.717, 1.165) is 0 Å². The fraction of sp³-hybridized carbons (Fsp3) is 0.583. The zero-order valence-corrected chi connectivity index (χ0v) is 10.2. The Morgan fingerprint density at radius 3 is 2.38 bits per heavy atom. The Morgan fingerprint density at radius 1 is 1.19 bits per heavy atom. The highest BCUT2D eigenvalue weighted by atomic mass is 16.7. The largest absolute Gasteiger partial charge is 0.514 e. The van der Waals surface area contributed by atoms with Crippen LogP contribution in [0.15, 0.2) is 18.2 Å². The Labute approximate surface area is 100 Å². The topological polar surface area (TPSA) is 31.4 Å². The van der Waals surface area contributed by atoms with Crippen molar-refractivity contribution < 1.29 is 12.1 Å².